The van der Waals surface area contributed by atoms with E-state index in [1.165, 1.54) is 26.4 Å². The van der Waals surface area contributed by atoms with Gasteiger partial charge in [0.25, 0.3) is 5.91 Å². The Bertz CT molecular complexity index is 1290. The minimum Gasteiger partial charge on any atom is -0.493 e. The van der Waals surface area contributed by atoms with Gasteiger partial charge in [-0.15, -0.1) is 0 Å². The molecular weight excluding hydrogens is 440 g/mol. The highest BCUT2D eigenvalue weighted by Gasteiger charge is 2.26. The number of benzene rings is 3. The molecule has 1 aliphatic rings. The lowest BCUT2D eigenvalue weighted by atomic mass is 10.1. The summed E-state index contributed by atoms with van der Waals surface area (Å²) in [6.07, 6.45) is 0.725. The van der Waals surface area contributed by atoms with Gasteiger partial charge < -0.3 is 14.4 Å². The average Bonchev–Trinajstić information content (AvgIpc) is 3.25. The number of nitrogens with one attached hydrogen (secondary N) is 1. The minimum atomic E-state index is -3.74. The SMILES string of the molecule is COc1ccc(S(=O)(=O)NCc2ccc3c(c2)CCN3C(=O)c2ccc(C)cc2)cc1OC. The van der Waals surface area contributed by atoms with Gasteiger partial charge in [0.1, 0.15) is 0 Å². The molecule has 33 heavy (non-hydrogen) atoms. The van der Waals surface area contributed by atoms with E-state index in [1.54, 1.807) is 11.0 Å². The molecule has 0 saturated carbocycles. The summed E-state index contributed by atoms with van der Waals surface area (Å²) in [5, 5.41) is 0. The maximum atomic E-state index is 12.9. The van der Waals surface area contributed by atoms with Gasteiger partial charge in [-0.2, -0.15) is 0 Å². The Morgan fingerprint density at radius 3 is 2.39 bits per heavy atom. The van der Waals surface area contributed by atoms with Crippen molar-refractivity contribution in [1.29, 1.82) is 0 Å². The van der Waals surface area contributed by atoms with Crippen LogP contribution >= 0.6 is 0 Å². The molecule has 0 atom stereocenters. The van der Waals surface area contributed by atoms with E-state index in [1.807, 2.05) is 49.4 Å². The Kier molecular flexibility index (Phi) is 6.40. The Morgan fingerprint density at radius 1 is 0.970 bits per heavy atom. The highest BCUT2D eigenvalue weighted by atomic mass is 32.2. The molecule has 0 unspecified atom stereocenters. The maximum Gasteiger partial charge on any atom is 0.258 e. The molecule has 8 heteroatoms. The number of hydrogen-bond donors (Lipinski definition) is 1. The zero-order valence-electron chi connectivity index (χ0n) is 18.8. The minimum absolute atomic E-state index is 0.0318. The molecule has 0 saturated heterocycles. The number of carbonyl (C=O) groups is 1. The van der Waals surface area contributed by atoms with Crippen LogP contribution in [0.3, 0.4) is 0 Å². The Labute approximate surface area is 194 Å². The van der Waals surface area contributed by atoms with Gasteiger partial charge in [0.15, 0.2) is 11.5 Å². The lowest BCUT2D eigenvalue weighted by Crippen LogP contribution is -2.28. The van der Waals surface area contributed by atoms with Gasteiger partial charge in [0, 0.05) is 30.4 Å². The smallest absolute Gasteiger partial charge is 0.258 e. The second-order valence-electron chi connectivity index (χ2n) is 7.88. The van der Waals surface area contributed by atoms with E-state index < -0.39 is 10.0 Å². The number of sulfonamides is 1. The lowest BCUT2D eigenvalue weighted by molar-refractivity contribution is 0.0989. The Morgan fingerprint density at radius 2 is 1.70 bits per heavy atom. The quantitative estimate of drug-likeness (QED) is 0.574. The van der Waals surface area contributed by atoms with Gasteiger partial charge in [0.2, 0.25) is 10.0 Å². The molecule has 0 aromatic heterocycles. The summed E-state index contributed by atoms with van der Waals surface area (Å²) < 4.78 is 38.5. The van der Waals surface area contributed by atoms with Crippen molar-refractivity contribution in [3.05, 3.63) is 82.9 Å². The summed E-state index contributed by atoms with van der Waals surface area (Å²) in [7, 11) is -0.793. The third kappa shape index (κ3) is 4.72. The number of carbonyl (C=O) groups excluding carboxylic acids is 1. The largest absolute Gasteiger partial charge is 0.493 e. The summed E-state index contributed by atoms with van der Waals surface area (Å²) in [4.78, 5) is 14.8. The number of nitrogens with zero attached hydrogens (tertiary/aromatic N) is 1. The molecule has 4 rings (SSSR count). The van der Waals surface area contributed by atoms with Gasteiger partial charge in [-0.1, -0.05) is 29.8 Å². The maximum absolute atomic E-state index is 12.9. The van der Waals surface area contributed by atoms with Gasteiger partial charge in [-0.25, -0.2) is 13.1 Å². The first-order chi connectivity index (χ1) is 15.8. The van der Waals surface area contributed by atoms with E-state index in [-0.39, 0.29) is 17.3 Å². The summed E-state index contributed by atoms with van der Waals surface area (Å²) >= 11 is 0. The summed E-state index contributed by atoms with van der Waals surface area (Å²) in [5.74, 6) is 0.770. The van der Waals surface area contributed by atoms with Crippen molar-refractivity contribution in [2.24, 2.45) is 0 Å². The molecule has 1 heterocycles. The summed E-state index contributed by atoms with van der Waals surface area (Å²) in [6, 6.07) is 17.7. The van der Waals surface area contributed by atoms with Gasteiger partial charge in [-0.3, -0.25) is 4.79 Å². The second kappa shape index (κ2) is 9.25. The van der Waals surface area contributed by atoms with E-state index in [0.717, 1.165) is 28.8 Å². The predicted molar refractivity (Wildman–Crippen MR) is 127 cm³/mol. The molecule has 1 aliphatic heterocycles. The van der Waals surface area contributed by atoms with Crippen LogP contribution in [0.4, 0.5) is 5.69 Å². The number of rotatable bonds is 7. The van der Waals surface area contributed by atoms with Crippen LogP contribution < -0.4 is 19.1 Å². The van der Waals surface area contributed by atoms with Gasteiger partial charge >= 0.3 is 0 Å². The van der Waals surface area contributed by atoms with Crippen molar-refractivity contribution >= 4 is 21.6 Å². The number of methoxy groups -OCH3 is 2. The molecule has 1 amide bonds. The number of anilines is 1. The highest BCUT2D eigenvalue weighted by molar-refractivity contribution is 7.89. The van der Waals surface area contributed by atoms with Crippen molar-refractivity contribution in [3.8, 4) is 11.5 Å². The van der Waals surface area contributed by atoms with Crippen molar-refractivity contribution < 1.29 is 22.7 Å². The molecule has 7 nitrogen and oxygen atoms in total. The predicted octanol–water partition coefficient (Wildman–Crippen LogP) is 3.69. The summed E-state index contributed by atoms with van der Waals surface area (Å²) in [6.45, 7) is 2.72. The van der Waals surface area contributed by atoms with E-state index in [4.69, 9.17) is 9.47 Å². The Hall–Kier alpha value is -3.36. The first kappa shape index (κ1) is 22.8. The second-order valence-corrected chi connectivity index (χ2v) is 9.64. The number of amides is 1. The van der Waals surface area contributed by atoms with Gasteiger partial charge in [0.05, 0.1) is 19.1 Å². The van der Waals surface area contributed by atoms with E-state index in [0.29, 0.717) is 23.6 Å². The van der Waals surface area contributed by atoms with E-state index in [9.17, 15) is 13.2 Å². The molecule has 0 radical (unpaired) electrons. The molecule has 1 N–H and O–H groups in total. The molecule has 3 aromatic rings. The summed E-state index contributed by atoms with van der Waals surface area (Å²) in [5.41, 5.74) is 4.47. The van der Waals surface area contributed by atoms with E-state index in [2.05, 4.69) is 4.72 Å². The monoisotopic (exact) mass is 466 g/mol. The Balaban J connectivity index is 1.48. The molecule has 3 aromatic carbocycles. The fraction of sp³-hybridized carbons (Fsp3) is 0.240. The van der Waals surface area contributed by atoms with Crippen LogP contribution in [0.1, 0.15) is 27.0 Å². The zero-order chi connectivity index (χ0) is 23.6. The van der Waals surface area contributed by atoms with Crippen LogP contribution in [0.2, 0.25) is 0 Å². The third-order valence-electron chi connectivity index (χ3n) is 5.71. The van der Waals surface area contributed by atoms with Crippen molar-refractivity contribution in [1.82, 2.24) is 4.72 Å². The number of ether oxygens (including phenoxy) is 2. The molecular formula is C25H26N2O5S. The topological polar surface area (TPSA) is 84.9 Å². The molecule has 0 aliphatic carbocycles. The van der Waals surface area contributed by atoms with E-state index >= 15 is 0 Å². The number of aryl methyl sites for hydroxylation is 1. The molecule has 0 bridgehead atoms. The normalized spacial score (nSPS) is 13.0. The van der Waals surface area contributed by atoms with Crippen LogP contribution in [-0.2, 0) is 23.0 Å². The van der Waals surface area contributed by atoms with Crippen LogP contribution in [0, 0.1) is 6.92 Å². The fourth-order valence-corrected chi connectivity index (χ4v) is 4.91. The van der Waals surface area contributed by atoms with Crippen molar-refractivity contribution in [2.45, 2.75) is 24.8 Å². The third-order valence-corrected chi connectivity index (χ3v) is 7.11. The van der Waals surface area contributed by atoms with Crippen LogP contribution in [0.15, 0.2) is 65.6 Å². The molecule has 0 fully saturated rings. The fourth-order valence-electron chi connectivity index (χ4n) is 3.87. The molecule has 172 valence electrons. The average molecular weight is 467 g/mol. The van der Waals surface area contributed by atoms with Crippen LogP contribution in [-0.4, -0.2) is 35.1 Å². The standard InChI is InChI=1S/C25H26N2O5S/c1-17-4-7-19(8-5-17)25(28)27-13-12-20-14-18(6-10-22(20)27)16-26-33(29,30)21-9-11-23(31-2)24(15-21)32-3/h4-11,14-15,26H,12-13,16H2,1-3H3. The first-order valence-electron chi connectivity index (χ1n) is 10.5. The van der Waals surface area contributed by atoms with Gasteiger partial charge in [-0.05, 0) is 54.8 Å². The van der Waals surface area contributed by atoms with Crippen LogP contribution in [0.5, 0.6) is 11.5 Å². The van der Waals surface area contributed by atoms with Crippen LogP contribution in [0.25, 0.3) is 0 Å². The van der Waals surface area contributed by atoms with Crippen molar-refractivity contribution in [2.75, 3.05) is 25.7 Å². The number of fused-ring (bicyclic) bond motifs is 1. The molecule has 0 spiro atoms. The zero-order valence-corrected chi connectivity index (χ0v) is 19.6. The highest BCUT2D eigenvalue weighted by Crippen LogP contribution is 2.31. The van der Waals surface area contributed by atoms with Crippen molar-refractivity contribution in [3.63, 3.8) is 0 Å². The number of hydrogen-bond acceptors (Lipinski definition) is 5. The lowest BCUT2D eigenvalue weighted by Gasteiger charge is -2.18. The first-order valence-corrected chi connectivity index (χ1v) is 12.0.